The van der Waals surface area contributed by atoms with E-state index in [9.17, 15) is 4.39 Å². The van der Waals surface area contributed by atoms with Crippen molar-refractivity contribution < 1.29 is 9.13 Å². The van der Waals surface area contributed by atoms with Crippen molar-refractivity contribution in [3.05, 3.63) is 29.8 Å². The molecule has 0 bridgehead atoms. The Labute approximate surface area is 109 Å². The summed E-state index contributed by atoms with van der Waals surface area (Å²) in [5.74, 6) is -0.240. The van der Waals surface area contributed by atoms with Gasteiger partial charge in [0.2, 0.25) is 0 Å². The van der Waals surface area contributed by atoms with E-state index in [1.54, 1.807) is 19.4 Å². The molecular weight excluding hydrogens is 231 g/mol. The van der Waals surface area contributed by atoms with Gasteiger partial charge in [0.15, 0.2) is 0 Å². The number of hydrogen-bond donors (Lipinski definition) is 1. The number of pyridine rings is 1. The minimum Gasteiger partial charge on any atom is -0.382 e. The number of halogens is 1. The molecule has 1 N–H and O–H groups in total. The molecule has 1 aromatic heterocycles. The molecule has 2 atom stereocenters. The second-order valence-electron chi connectivity index (χ2n) is 4.53. The Morgan fingerprint density at radius 3 is 2.83 bits per heavy atom. The Kier molecular flexibility index (Phi) is 6.83. The summed E-state index contributed by atoms with van der Waals surface area (Å²) in [7, 11) is 1.70. The van der Waals surface area contributed by atoms with E-state index >= 15 is 0 Å². The molecule has 0 saturated carbocycles. The van der Waals surface area contributed by atoms with Gasteiger partial charge >= 0.3 is 0 Å². The van der Waals surface area contributed by atoms with E-state index in [1.807, 2.05) is 6.92 Å². The van der Waals surface area contributed by atoms with Crippen LogP contribution in [-0.2, 0) is 4.74 Å². The molecule has 4 heteroatoms. The van der Waals surface area contributed by atoms with E-state index in [1.165, 1.54) is 6.20 Å². The summed E-state index contributed by atoms with van der Waals surface area (Å²) in [6.07, 6.45) is 5.90. The lowest BCUT2D eigenvalue weighted by molar-refractivity contribution is 0.106. The van der Waals surface area contributed by atoms with Crippen molar-refractivity contribution >= 4 is 0 Å². The van der Waals surface area contributed by atoms with Crippen molar-refractivity contribution in [2.45, 2.75) is 45.3 Å². The Morgan fingerprint density at radius 2 is 2.22 bits per heavy atom. The minimum atomic E-state index is -0.240. The van der Waals surface area contributed by atoms with Crippen molar-refractivity contribution in [1.29, 1.82) is 0 Å². The summed E-state index contributed by atoms with van der Waals surface area (Å²) < 4.78 is 19.0. The number of nitrogens with one attached hydrogen (secondary N) is 1. The predicted octanol–water partition coefficient (Wildman–Crippen LogP) is 3.08. The molecule has 102 valence electrons. The molecule has 0 saturated heterocycles. The van der Waals surface area contributed by atoms with Crippen molar-refractivity contribution in [1.82, 2.24) is 10.3 Å². The highest BCUT2D eigenvalue weighted by Crippen LogP contribution is 2.22. The molecule has 1 heterocycles. The van der Waals surface area contributed by atoms with Crippen LogP contribution in [0.4, 0.5) is 4.39 Å². The topological polar surface area (TPSA) is 34.1 Å². The fraction of sp³-hybridized carbons (Fsp3) is 0.643. The Hall–Kier alpha value is -1.00. The van der Waals surface area contributed by atoms with Crippen LogP contribution in [0, 0.1) is 5.82 Å². The molecule has 1 aromatic rings. The summed E-state index contributed by atoms with van der Waals surface area (Å²) in [5, 5.41) is 3.38. The van der Waals surface area contributed by atoms with Crippen molar-refractivity contribution in [3.63, 3.8) is 0 Å². The van der Waals surface area contributed by atoms with Gasteiger partial charge in [0, 0.05) is 24.9 Å². The number of ether oxygens (including phenoxy) is 1. The van der Waals surface area contributed by atoms with E-state index in [2.05, 4.69) is 17.2 Å². The molecular formula is C14H23FN2O. The second kappa shape index (κ2) is 8.16. The van der Waals surface area contributed by atoms with Gasteiger partial charge < -0.3 is 10.1 Å². The molecule has 0 radical (unpaired) electrons. The van der Waals surface area contributed by atoms with E-state index < -0.39 is 0 Å². The van der Waals surface area contributed by atoms with Gasteiger partial charge in [-0.1, -0.05) is 6.92 Å². The van der Waals surface area contributed by atoms with Gasteiger partial charge in [-0.3, -0.25) is 4.98 Å². The number of nitrogens with zero attached hydrogens (tertiary/aromatic N) is 1. The maximum Gasteiger partial charge on any atom is 0.146 e. The standard InChI is InChI=1S/C14H23FN2O/c1-4-8-17-14(6-5-11(2)18-3)12-7-9-16-10-13(12)15/h7,9-11,14,17H,4-6,8H2,1-3H3. The number of rotatable bonds is 8. The van der Waals surface area contributed by atoms with Gasteiger partial charge in [-0.05, 0) is 38.8 Å². The lowest BCUT2D eigenvalue weighted by Crippen LogP contribution is -2.24. The van der Waals surface area contributed by atoms with Crippen molar-refractivity contribution in [3.8, 4) is 0 Å². The summed E-state index contributed by atoms with van der Waals surface area (Å²) in [6.45, 7) is 5.01. The summed E-state index contributed by atoms with van der Waals surface area (Å²) >= 11 is 0. The SMILES string of the molecule is CCCNC(CCC(C)OC)c1ccncc1F. The molecule has 2 unspecified atom stereocenters. The lowest BCUT2D eigenvalue weighted by Gasteiger charge is -2.21. The first kappa shape index (κ1) is 15.1. The quantitative estimate of drug-likeness (QED) is 0.774. The molecule has 0 amide bonds. The number of methoxy groups -OCH3 is 1. The smallest absolute Gasteiger partial charge is 0.146 e. The Balaban J connectivity index is 2.68. The molecule has 0 spiro atoms. The molecule has 0 aliphatic rings. The number of hydrogen-bond acceptors (Lipinski definition) is 3. The van der Waals surface area contributed by atoms with Crippen LogP contribution in [-0.4, -0.2) is 24.7 Å². The third-order valence-corrected chi connectivity index (χ3v) is 3.08. The third-order valence-electron chi connectivity index (χ3n) is 3.08. The molecule has 3 nitrogen and oxygen atoms in total. The fourth-order valence-corrected chi connectivity index (χ4v) is 1.87. The number of aromatic nitrogens is 1. The second-order valence-corrected chi connectivity index (χ2v) is 4.53. The van der Waals surface area contributed by atoms with Crippen LogP contribution in [0.2, 0.25) is 0 Å². The average molecular weight is 254 g/mol. The van der Waals surface area contributed by atoms with Crippen LogP contribution in [0.25, 0.3) is 0 Å². The highest BCUT2D eigenvalue weighted by atomic mass is 19.1. The predicted molar refractivity (Wildman–Crippen MR) is 70.9 cm³/mol. The zero-order chi connectivity index (χ0) is 13.4. The summed E-state index contributed by atoms with van der Waals surface area (Å²) in [4.78, 5) is 3.79. The summed E-state index contributed by atoms with van der Waals surface area (Å²) in [6, 6.07) is 1.78. The van der Waals surface area contributed by atoms with E-state index in [0.717, 1.165) is 25.8 Å². The van der Waals surface area contributed by atoms with Gasteiger partial charge in [0.25, 0.3) is 0 Å². The van der Waals surface area contributed by atoms with Crippen LogP contribution >= 0.6 is 0 Å². The first-order chi connectivity index (χ1) is 8.69. The molecule has 0 aliphatic heterocycles. The molecule has 18 heavy (non-hydrogen) atoms. The zero-order valence-electron chi connectivity index (χ0n) is 11.4. The maximum absolute atomic E-state index is 13.7. The molecule has 0 fully saturated rings. The van der Waals surface area contributed by atoms with Crippen LogP contribution in [0.15, 0.2) is 18.5 Å². The van der Waals surface area contributed by atoms with Crippen molar-refractivity contribution in [2.75, 3.05) is 13.7 Å². The van der Waals surface area contributed by atoms with Crippen LogP contribution in [0.3, 0.4) is 0 Å². The average Bonchev–Trinajstić information content (AvgIpc) is 2.39. The first-order valence-electron chi connectivity index (χ1n) is 6.54. The maximum atomic E-state index is 13.7. The van der Waals surface area contributed by atoms with E-state index in [4.69, 9.17) is 4.74 Å². The zero-order valence-corrected chi connectivity index (χ0v) is 11.4. The van der Waals surface area contributed by atoms with Gasteiger partial charge in [-0.15, -0.1) is 0 Å². The van der Waals surface area contributed by atoms with E-state index in [0.29, 0.717) is 5.56 Å². The largest absolute Gasteiger partial charge is 0.382 e. The minimum absolute atomic E-state index is 0.0329. The van der Waals surface area contributed by atoms with E-state index in [-0.39, 0.29) is 18.0 Å². The van der Waals surface area contributed by atoms with Gasteiger partial charge in [0.05, 0.1) is 12.3 Å². The van der Waals surface area contributed by atoms with Crippen LogP contribution in [0.1, 0.15) is 44.7 Å². The first-order valence-corrected chi connectivity index (χ1v) is 6.54. The summed E-state index contributed by atoms with van der Waals surface area (Å²) in [5.41, 5.74) is 0.696. The van der Waals surface area contributed by atoms with Gasteiger partial charge in [-0.2, -0.15) is 0 Å². The highest BCUT2D eigenvalue weighted by molar-refractivity contribution is 5.17. The monoisotopic (exact) mass is 254 g/mol. The Bertz CT molecular complexity index is 346. The molecule has 0 aliphatic carbocycles. The van der Waals surface area contributed by atoms with Gasteiger partial charge in [-0.25, -0.2) is 4.39 Å². The third kappa shape index (κ3) is 4.70. The fourth-order valence-electron chi connectivity index (χ4n) is 1.87. The molecule has 0 aromatic carbocycles. The van der Waals surface area contributed by atoms with Crippen LogP contribution < -0.4 is 5.32 Å². The van der Waals surface area contributed by atoms with Gasteiger partial charge in [0.1, 0.15) is 5.82 Å². The normalized spacial score (nSPS) is 14.4. The molecule has 1 rings (SSSR count). The van der Waals surface area contributed by atoms with Crippen LogP contribution in [0.5, 0.6) is 0 Å². The lowest BCUT2D eigenvalue weighted by atomic mass is 10.0. The highest BCUT2D eigenvalue weighted by Gasteiger charge is 2.16. The Morgan fingerprint density at radius 1 is 1.44 bits per heavy atom. The van der Waals surface area contributed by atoms with Crippen molar-refractivity contribution in [2.24, 2.45) is 0 Å².